The van der Waals surface area contributed by atoms with Crippen LogP contribution in [0.15, 0.2) is 48.5 Å². The minimum atomic E-state index is -0.107. The summed E-state index contributed by atoms with van der Waals surface area (Å²) in [5.41, 5.74) is 2.23. The Hall–Kier alpha value is -1.65. The number of halogens is 1. The molecule has 0 spiro atoms. The van der Waals surface area contributed by atoms with Crippen molar-refractivity contribution in [3.63, 3.8) is 0 Å². The molecule has 2 rings (SSSR count). The van der Waals surface area contributed by atoms with Crippen molar-refractivity contribution >= 4 is 29.3 Å². The monoisotopic (exact) mass is 349 g/mol. The van der Waals surface area contributed by atoms with E-state index >= 15 is 0 Å². The van der Waals surface area contributed by atoms with E-state index < -0.39 is 0 Å². The highest BCUT2D eigenvalue weighted by Crippen LogP contribution is 2.20. The first-order valence-electron chi connectivity index (χ1n) is 7.42. The summed E-state index contributed by atoms with van der Waals surface area (Å²) in [6.45, 7) is 2.65. The minimum Gasteiger partial charge on any atom is -0.484 e. The fourth-order valence-electron chi connectivity index (χ4n) is 1.97. The Bertz CT molecular complexity index is 648. The van der Waals surface area contributed by atoms with Gasteiger partial charge < -0.3 is 10.1 Å². The molecule has 0 fully saturated rings. The topological polar surface area (TPSA) is 38.3 Å². The molecule has 122 valence electrons. The smallest absolute Gasteiger partial charge is 0.257 e. The Balaban J connectivity index is 1.59. The number of carbonyl (C=O) groups is 1. The van der Waals surface area contributed by atoms with Crippen molar-refractivity contribution in [3.05, 3.63) is 64.7 Å². The van der Waals surface area contributed by atoms with Crippen molar-refractivity contribution in [1.82, 2.24) is 5.32 Å². The summed E-state index contributed by atoms with van der Waals surface area (Å²) in [4.78, 5) is 11.7. The van der Waals surface area contributed by atoms with Crippen molar-refractivity contribution in [2.75, 3.05) is 18.9 Å². The Morgan fingerprint density at radius 1 is 1.22 bits per heavy atom. The number of nitrogens with one attached hydrogen (secondary N) is 1. The van der Waals surface area contributed by atoms with Crippen LogP contribution in [-0.4, -0.2) is 24.8 Å². The molecule has 0 aliphatic carbocycles. The van der Waals surface area contributed by atoms with Gasteiger partial charge in [-0.3, -0.25) is 4.79 Å². The average molecular weight is 350 g/mol. The first-order valence-corrected chi connectivity index (χ1v) is 8.96. The second-order valence-corrected chi connectivity index (χ2v) is 6.61. The van der Waals surface area contributed by atoms with Gasteiger partial charge in [0, 0.05) is 23.1 Å². The van der Waals surface area contributed by atoms with Crippen LogP contribution in [0.3, 0.4) is 0 Å². The average Bonchev–Trinajstić information content (AvgIpc) is 2.54. The number of benzene rings is 2. The number of hydrogen-bond donors (Lipinski definition) is 1. The highest BCUT2D eigenvalue weighted by atomic mass is 35.5. The normalized spacial score (nSPS) is 10.3. The van der Waals surface area contributed by atoms with Gasteiger partial charge in [-0.05, 0) is 36.2 Å². The van der Waals surface area contributed by atoms with Gasteiger partial charge in [-0.15, -0.1) is 0 Å². The van der Waals surface area contributed by atoms with Gasteiger partial charge in [0.1, 0.15) is 5.75 Å². The van der Waals surface area contributed by atoms with Crippen molar-refractivity contribution in [3.8, 4) is 5.75 Å². The maximum atomic E-state index is 11.7. The van der Waals surface area contributed by atoms with E-state index in [4.69, 9.17) is 16.3 Å². The molecule has 0 bridgehead atoms. The number of rotatable bonds is 8. The number of carbonyl (C=O) groups excluding carboxylic acids is 1. The molecule has 2 aromatic carbocycles. The largest absolute Gasteiger partial charge is 0.484 e. The maximum Gasteiger partial charge on any atom is 0.257 e. The molecule has 23 heavy (non-hydrogen) atoms. The zero-order valence-corrected chi connectivity index (χ0v) is 14.6. The van der Waals surface area contributed by atoms with Gasteiger partial charge >= 0.3 is 0 Å². The fourth-order valence-corrected chi connectivity index (χ4v) is 3.11. The SMILES string of the molecule is Cc1cccc(OCC(=O)NCCSCc2ccccc2Cl)c1. The molecule has 0 heterocycles. The molecule has 0 radical (unpaired) electrons. The van der Waals surface area contributed by atoms with Gasteiger partial charge in [-0.2, -0.15) is 11.8 Å². The first-order chi connectivity index (χ1) is 11.1. The predicted octanol–water partition coefficient (Wildman–Crippen LogP) is 4.08. The third-order valence-corrected chi connectivity index (χ3v) is 4.52. The number of ether oxygens (including phenoxy) is 1. The fraction of sp³-hybridized carbons (Fsp3) is 0.278. The third kappa shape index (κ3) is 6.55. The van der Waals surface area contributed by atoms with Crippen LogP contribution >= 0.6 is 23.4 Å². The van der Waals surface area contributed by atoms with E-state index in [9.17, 15) is 4.79 Å². The summed E-state index contributed by atoms with van der Waals surface area (Å²) in [5.74, 6) is 2.29. The minimum absolute atomic E-state index is 0.0403. The van der Waals surface area contributed by atoms with Crippen LogP contribution in [0.2, 0.25) is 5.02 Å². The van der Waals surface area contributed by atoms with Crippen molar-refractivity contribution in [2.45, 2.75) is 12.7 Å². The third-order valence-electron chi connectivity index (χ3n) is 3.14. The van der Waals surface area contributed by atoms with Crippen LogP contribution in [0.25, 0.3) is 0 Å². The zero-order valence-electron chi connectivity index (χ0n) is 13.0. The summed E-state index contributed by atoms with van der Waals surface area (Å²) in [7, 11) is 0. The van der Waals surface area contributed by atoms with Gasteiger partial charge in [0.2, 0.25) is 0 Å². The van der Waals surface area contributed by atoms with Gasteiger partial charge in [-0.25, -0.2) is 0 Å². The molecule has 0 unspecified atom stereocenters. The summed E-state index contributed by atoms with van der Waals surface area (Å²) in [6.07, 6.45) is 0. The van der Waals surface area contributed by atoms with E-state index in [1.165, 1.54) is 0 Å². The molecule has 1 amide bonds. The van der Waals surface area contributed by atoms with E-state index in [1.54, 1.807) is 11.8 Å². The first kappa shape index (κ1) is 17.7. The van der Waals surface area contributed by atoms with Gasteiger partial charge in [-0.1, -0.05) is 41.9 Å². The quantitative estimate of drug-likeness (QED) is 0.730. The molecule has 0 aliphatic heterocycles. The molecular weight excluding hydrogens is 330 g/mol. The molecule has 3 nitrogen and oxygen atoms in total. The number of aryl methyl sites for hydroxylation is 1. The van der Waals surface area contributed by atoms with Crippen molar-refractivity contribution in [1.29, 1.82) is 0 Å². The summed E-state index contributed by atoms with van der Waals surface area (Å²) >= 11 is 7.84. The van der Waals surface area contributed by atoms with Crippen molar-refractivity contribution < 1.29 is 9.53 Å². The van der Waals surface area contributed by atoms with E-state index in [0.717, 1.165) is 27.7 Å². The summed E-state index contributed by atoms with van der Waals surface area (Å²) in [6, 6.07) is 15.5. The van der Waals surface area contributed by atoms with E-state index in [-0.39, 0.29) is 12.5 Å². The summed E-state index contributed by atoms with van der Waals surface area (Å²) in [5, 5.41) is 3.64. The number of thioether (sulfide) groups is 1. The van der Waals surface area contributed by atoms with E-state index in [0.29, 0.717) is 12.3 Å². The molecule has 0 saturated carbocycles. The zero-order chi connectivity index (χ0) is 16.5. The second-order valence-electron chi connectivity index (χ2n) is 5.10. The van der Waals surface area contributed by atoms with E-state index in [2.05, 4.69) is 5.32 Å². The lowest BCUT2D eigenvalue weighted by Crippen LogP contribution is -2.30. The van der Waals surface area contributed by atoms with Crippen LogP contribution in [-0.2, 0) is 10.5 Å². The van der Waals surface area contributed by atoms with Gasteiger partial charge in [0.05, 0.1) is 0 Å². The Morgan fingerprint density at radius 3 is 2.83 bits per heavy atom. The van der Waals surface area contributed by atoms with E-state index in [1.807, 2.05) is 55.5 Å². The highest BCUT2D eigenvalue weighted by Gasteiger charge is 2.03. The van der Waals surface area contributed by atoms with Crippen LogP contribution < -0.4 is 10.1 Å². The number of hydrogen-bond acceptors (Lipinski definition) is 3. The molecule has 5 heteroatoms. The molecule has 0 aromatic heterocycles. The molecule has 2 aromatic rings. The van der Waals surface area contributed by atoms with Crippen LogP contribution in [0.1, 0.15) is 11.1 Å². The van der Waals surface area contributed by atoms with Crippen LogP contribution in [0.5, 0.6) is 5.75 Å². The second kappa shape index (κ2) is 9.48. The lowest BCUT2D eigenvalue weighted by Gasteiger charge is -2.08. The van der Waals surface area contributed by atoms with Crippen LogP contribution in [0.4, 0.5) is 0 Å². The molecule has 1 N–H and O–H groups in total. The van der Waals surface area contributed by atoms with Crippen molar-refractivity contribution in [2.24, 2.45) is 0 Å². The Kier molecular flexibility index (Phi) is 7.30. The maximum absolute atomic E-state index is 11.7. The Morgan fingerprint density at radius 2 is 2.04 bits per heavy atom. The van der Waals surface area contributed by atoms with Crippen LogP contribution in [0, 0.1) is 6.92 Å². The molecular formula is C18H20ClNO2S. The molecule has 0 atom stereocenters. The predicted molar refractivity (Wildman–Crippen MR) is 97.3 cm³/mol. The lowest BCUT2D eigenvalue weighted by molar-refractivity contribution is -0.122. The highest BCUT2D eigenvalue weighted by molar-refractivity contribution is 7.98. The van der Waals surface area contributed by atoms with Gasteiger partial charge in [0.15, 0.2) is 6.61 Å². The summed E-state index contributed by atoms with van der Waals surface area (Å²) < 4.78 is 5.45. The van der Waals surface area contributed by atoms with Gasteiger partial charge in [0.25, 0.3) is 5.91 Å². The molecule has 0 aliphatic rings. The lowest BCUT2D eigenvalue weighted by atomic mass is 10.2. The molecule has 0 saturated heterocycles. The Labute approximate surface area is 146 Å². The standard InChI is InChI=1S/C18H20ClNO2S/c1-14-5-4-7-16(11-14)22-12-18(21)20-9-10-23-13-15-6-2-3-8-17(15)19/h2-8,11H,9-10,12-13H2,1H3,(H,20,21). The number of amides is 1.